The van der Waals surface area contributed by atoms with Crippen LogP contribution in [0.4, 0.5) is 0 Å². The molecule has 25 heavy (non-hydrogen) atoms. The van der Waals surface area contributed by atoms with Crippen molar-refractivity contribution >= 4 is 10.0 Å². The molecule has 1 aromatic carbocycles. The van der Waals surface area contributed by atoms with Crippen LogP contribution < -0.4 is 16.0 Å². The minimum atomic E-state index is -3.99. The fourth-order valence-corrected chi connectivity index (χ4v) is 3.41. The number of aryl methyl sites for hydroxylation is 1. The molecule has 0 saturated heterocycles. The third kappa shape index (κ3) is 4.88. The first-order valence-electron chi connectivity index (χ1n) is 7.71. The van der Waals surface area contributed by atoms with Crippen molar-refractivity contribution in [1.82, 2.24) is 13.9 Å². The Morgan fingerprint density at radius 2 is 1.80 bits per heavy atom. The number of nitrogens with one attached hydrogen (secondary N) is 1. The Balaban J connectivity index is 1.88. The molecule has 0 unspecified atom stereocenters. The SMILES string of the molecule is Cn1cc(S(=O)(=O)NCCCOCc2ccccc2)c(=O)n(C)c1=O. The highest BCUT2D eigenvalue weighted by molar-refractivity contribution is 7.89. The van der Waals surface area contributed by atoms with E-state index in [0.29, 0.717) is 19.6 Å². The molecule has 1 aromatic heterocycles. The van der Waals surface area contributed by atoms with Crippen molar-refractivity contribution in [3.8, 4) is 0 Å². The molecule has 0 bridgehead atoms. The van der Waals surface area contributed by atoms with Gasteiger partial charge in [0.15, 0.2) is 4.90 Å². The predicted molar refractivity (Wildman–Crippen MR) is 92.8 cm³/mol. The van der Waals surface area contributed by atoms with E-state index < -0.39 is 26.2 Å². The van der Waals surface area contributed by atoms with Crippen LogP contribution in [0.3, 0.4) is 0 Å². The zero-order chi connectivity index (χ0) is 18.4. The van der Waals surface area contributed by atoms with E-state index >= 15 is 0 Å². The van der Waals surface area contributed by atoms with Crippen LogP contribution >= 0.6 is 0 Å². The number of ether oxygens (including phenoxy) is 1. The average Bonchev–Trinajstić information content (AvgIpc) is 2.60. The predicted octanol–water partition coefficient (Wildman–Crippen LogP) is -0.0308. The normalized spacial score (nSPS) is 11.6. The van der Waals surface area contributed by atoms with Gasteiger partial charge < -0.3 is 9.30 Å². The van der Waals surface area contributed by atoms with Gasteiger partial charge in [-0.25, -0.2) is 17.9 Å². The summed E-state index contributed by atoms with van der Waals surface area (Å²) in [5.74, 6) is 0. The lowest BCUT2D eigenvalue weighted by atomic mass is 10.2. The molecule has 0 saturated carbocycles. The first-order chi connectivity index (χ1) is 11.8. The van der Waals surface area contributed by atoms with Crippen LogP contribution in [0.2, 0.25) is 0 Å². The molecular formula is C16H21N3O5S. The highest BCUT2D eigenvalue weighted by atomic mass is 32.2. The number of benzene rings is 1. The number of sulfonamides is 1. The van der Waals surface area contributed by atoms with E-state index in [2.05, 4.69) is 4.72 Å². The Kier molecular flexibility index (Phi) is 6.29. The van der Waals surface area contributed by atoms with Crippen LogP contribution in [0.5, 0.6) is 0 Å². The molecule has 0 amide bonds. The van der Waals surface area contributed by atoms with Gasteiger partial charge in [0.25, 0.3) is 5.56 Å². The van der Waals surface area contributed by atoms with Gasteiger partial charge in [-0.2, -0.15) is 0 Å². The summed E-state index contributed by atoms with van der Waals surface area (Å²) < 4.78 is 34.1. The summed E-state index contributed by atoms with van der Waals surface area (Å²) in [7, 11) is -1.37. The molecule has 9 heteroatoms. The Hall–Kier alpha value is -2.23. The summed E-state index contributed by atoms with van der Waals surface area (Å²) >= 11 is 0. The molecule has 1 N–H and O–H groups in total. The highest BCUT2D eigenvalue weighted by Gasteiger charge is 2.20. The number of nitrogens with zero attached hydrogens (tertiary/aromatic N) is 2. The van der Waals surface area contributed by atoms with Crippen LogP contribution in [0.25, 0.3) is 0 Å². The van der Waals surface area contributed by atoms with E-state index in [1.165, 1.54) is 14.1 Å². The molecule has 1 heterocycles. The second-order valence-corrected chi connectivity index (χ2v) is 7.28. The van der Waals surface area contributed by atoms with E-state index in [9.17, 15) is 18.0 Å². The maximum absolute atomic E-state index is 12.2. The largest absolute Gasteiger partial charge is 0.377 e. The Labute approximate surface area is 145 Å². The van der Waals surface area contributed by atoms with Crippen molar-refractivity contribution in [2.75, 3.05) is 13.2 Å². The lowest BCUT2D eigenvalue weighted by molar-refractivity contribution is 0.119. The van der Waals surface area contributed by atoms with Gasteiger partial charge in [-0.3, -0.25) is 9.36 Å². The molecule has 0 fully saturated rings. The maximum Gasteiger partial charge on any atom is 0.330 e. The van der Waals surface area contributed by atoms with E-state index in [4.69, 9.17) is 4.74 Å². The third-order valence-corrected chi connectivity index (χ3v) is 5.02. The summed E-state index contributed by atoms with van der Waals surface area (Å²) in [5, 5.41) is 0. The van der Waals surface area contributed by atoms with Gasteiger partial charge in [0, 0.05) is 33.4 Å². The Morgan fingerprint density at radius 1 is 1.12 bits per heavy atom. The fraction of sp³-hybridized carbons (Fsp3) is 0.375. The minimum absolute atomic E-state index is 0.128. The number of hydrogen-bond acceptors (Lipinski definition) is 5. The fourth-order valence-electron chi connectivity index (χ4n) is 2.18. The zero-order valence-corrected chi connectivity index (χ0v) is 15.0. The molecule has 0 radical (unpaired) electrons. The third-order valence-electron chi connectivity index (χ3n) is 3.57. The monoisotopic (exact) mass is 367 g/mol. The second-order valence-electron chi connectivity index (χ2n) is 5.54. The Bertz CT molecular complexity index is 932. The van der Waals surface area contributed by atoms with Gasteiger partial charge in [-0.1, -0.05) is 30.3 Å². The number of hydrogen-bond donors (Lipinski definition) is 1. The molecular weight excluding hydrogens is 346 g/mol. The summed E-state index contributed by atoms with van der Waals surface area (Å²) in [4.78, 5) is 23.1. The van der Waals surface area contributed by atoms with Gasteiger partial charge >= 0.3 is 5.69 Å². The quantitative estimate of drug-likeness (QED) is 0.661. The van der Waals surface area contributed by atoms with Gasteiger partial charge in [-0.15, -0.1) is 0 Å². The summed E-state index contributed by atoms with van der Waals surface area (Å²) in [6.45, 7) is 0.959. The zero-order valence-electron chi connectivity index (χ0n) is 14.1. The topological polar surface area (TPSA) is 99.4 Å². The van der Waals surface area contributed by atoms with Crippen LogP contribution in [-0.2, 0) is 35.5 Å². The molecule has 2 aromatic rings. The highest BCUT2D eigenvalue weighted by Crippen LogP contribution is 2.02. The molecule has 0 spiro atoms. The standard InChI is InChI=1S/C16H21N3O5S/c1-18-11-14(15(20)19(2)16(18)21)25(22,23)17-9-6-10-24-12-13-7-4-3-5-8-13/h3-5,7-8,11,17H,6,9-10,12H2,1-2H3. The van der Waals surface area contributed by atoms with Gasteiger partial charge in [0.05, 0.1) is 6.61 Å². The van der Waals surface area contributed by atoms with Crippen LogP contribution in [0.15, 0.2) is 51.0 Å². The molecule has 136 valence electrons. The van der Waals surface area contributed by atoms with E-state index in [1.54, 1.807) is 0 Å². The van der Waals surface area contributed by atoms with E-state index in [-0.39, 0.29) is 6.54 Å². The molecule has 0 aliphatic rings. The van der Waals surface area contributed by atoms with Crippen molar-refractivity contribution in [3.05, 3.63) is 62.9 Å². The number of aromatic nitrogens is 2. The summed E-state index contributed by atoms with van der Waals surface area (Å²) in [5.41, 5.74) is -0.397. The van der Waals surface area contributed by atoms with E-state index in [0.717, 1.165) is 20.9 Å². The smallest absolute Gasteiger partial charge is 0.330 e. The maximum atomic E-state index is 12.2. The van der Waals surface area contributed by atoms with Gasteiger partial charge in [0.2, 0.25) is 10.0 Å². The Morgan fingerprint density at radius 3 is 2.48 bits per heavy atom. The van der Waals surface area contributed by atoms with Crippen LogP contribution in [0.1, 0.15) is 12.0 Å². The summed E-state index contributed by atoms with van der Waals surface area (Å²) in [6, 6.07) is 9.64. The van der Waals surface area contributed by atoms with Crippen molar-refractivity contribution in [2.45, 2.75) is 17.9 Å². The average molecular weight is 367 g/mol. The molecule has 8 nitrogen and oxygen atoms in total. The van der Waals surface area contributed by atoms with Gasteiger partial charge in [-0.05, 0) is 12.0 Å². The summed E-state index contributed by atoms with van der Waals surface area (Å²) in [6.07, 6.45) is 1.48. The van der Waals surface area contributed by atoms with Crippen molar-refractivity contribution in [1.29, 1.82) is 0 Å². The minimum Gasteiger partial charge on any atom is -0.377 e. The lowest BCUT2D eigenvalue weighted by Crippen LogP contribution is -2.41. The second kappa shape index (κ2) is 8.24. The van der Waals surface area contributed by atoms with Crippen LogP contribution in [0, 0.1) is 0 Å². The number of rotatable bonds is 8. The van der Waals surface area contributed by atoms with Crippen molar-refractivity contribution in [3.63, 3.8) is 0 Å². The molecule has 2 rings (SSSR count). The van der Waals surface area contributed by atoms with Crippen LogP contribution in [-0.4, -0.2) is 30.7 Å². The van der Waals surface area contributed by atoms with E-state index in [1.807, 2.05) is 30.3 Å². The van der Waals surface area contributed by atoms with Crippen molar-refractivity contribution in [2.24, 2.45) is 14.1 Å². The molecule has 0 aliphatic carbocycles. The molecule has 0 atom stereocenters. The lowest BCUT2D eigenvalue weighted by Gasteiger charge is -2.09. The first-order valence-corrected chi connectivity index (χ1v) is 9.19. The van der Waals surface area contributed by atoms with Crippen molar-refractivity contribution < 1.29 is 13.2 Å². The van der Waals surface area contributed by atoms with Gasteiger partial charge in [0.1, 0.15) is 0 Å². The molecule has 0 aliphatic heterocycles. The first kappa shape index (κ1) is 19.1.